The molecule has 8 heteroatoms. The Balaban J connectivity index is 1.93. The van der Waals surface area contributed by atoms with Gasteiger partial charge in [0.1, 0.15) is 5.75 Å². The van der Waals surface area contributed by atoms with E-state index in [4.69, 9.17) is 9.84 Å². The normalized spacial score (nSPS) is 11.1. The number of carboxylic acids is 1. The highest BCUT2D eigenvalue weighted by molar-refractivity contribution is 7.92. The summed E-state index contributed by atoms with van der Waals surface area (Å²) >= 11 is 0. The molecular weight excluding hydrogens is 416 g/mol. The summed E-state index contributed by atoms with van der Waals surface area (Å²) in [6.45, 7) is 3.34. The van der Waals surface area contributed by atoms with Crippen LogP contribution in [0.5, 0.6) is 11.5 Å². The molecule has 3 aromatic carbocycles. The molecule has 0 aliphatic carbocycles. The third-order valence-electron chi connectivity index (χ3n) is 4.40. The van der Waals surface area contributed by atoms with Crippen molar-refractivity contribution < 1.29 is 23.1 Å². The maximum absolute atomic E-state index is 12.9. The molecule has 3 N–H and O–H groups in total. The summed E-state index contributed by atoms with van der Waals surface area (Å²) in [6, 6.07) is 20.0. The Morgan fingerprint density at radius 2 is 1.74 bits per heavy atom. The van der Waals surface area contributed by atoms with Crippen LogP contribution in [0.2, 0.25) is 0 Å². The molecule has 162 valence electrons. The van der Waals surface area contributed by atoms with Crippen LogP contribution in [-0.2, 0) is 27.8 Å². The quantitative estimate of drug-likeness (QED) is 0.440. The standard InChI is InChI=1S/C23H24N2O5S/c1-2-24-16-18-11-12-22(30-19-8-6-7-17(13-19)15-23(26)27)21(14-18)25-31(28,29)20-9-4-3-5-10-20/h3-14,24-25H,2,15-16H2,1H3,(H,26,27). The first-order valence-electron chi connectivity index (χ1n) is 9.77. The zero-order valence-corrected chi connectivity index (χ0v) is 17.9. The van der Waals surface area contributed by atoms with Crippen LogP contribution in [0.25, 0.3) is 0 Å². The molecule has 0 aliphatic heterocycles. The maximum atomic E-state index is 12.9. The van der Waals surface area contributed by atoms with Gasteiger partial charge in [-0.25, -0.2) is 8.42 Å². The van der Waals surface area contributed by atoms with Gasteiger partial charge >= 0.3 is 5.97 Å². The van der Waals surface area contributed by atoms with Gasteiger partial charge in [0.25, 0.3) is 10.0 Å². The lowest BCUT2D eigenvalue weighted by atomic mass is 10.1. The molecule has 0 radical (unpaired) electrons. The average Bonchev–Trinajstić information content (AvgIpc) is 2.74. The van der Waals surface area contributed by atoms with Crippen LogP contribution in [0.1, 0.15) is 18.1 Å². The van der Waals surface area contributed by atoms with E-state index in [0.29, 0.717) is 29.3 Å². The maximum Gasteiger partial charge on any atom is 0.307 e. The predicted octanol–water partition coefficient (Wildman–Crippen LogP) is 4.02. The van der Waals surface area contributed by atoms with Gasteiger partial charge in [0.05, 0.1) is 17.0 Å². The molecule has 0 aromatic heterocycles. The number of ether oxygens (including phenoxy) is 1. The van der Waals surface area contributed by atoms with E-state index in [2.05, 4.69) is 10.0 Å². The first-order chi connectivity index (χ1) is 14.9. The van der Waals surface area contributed by atoms with E-state index in [1.807, 2.05) is 13.0 Å². The van der Waals surface area contributed by atoms with Gasteiger partial charge in [0.15, 0.2) is 5.75 Å². The highest BCUT2D eigenvalue weighted by atomic mass is 32.2. The second kappa shape index (κ2) is 10.1. The van der Waals surface area contributed by atoms with Crippen LogP contribution in [0.3, 0.4) is 0 Å². The first-order valence-corrected chi connectivity index (χ1v) is 11.3. The van der Waals surface area contributed by atoms with Crippen LogP contribution in [-0.4, -0.2) is 26.0 Å². The van der Waals surface area contributed by atoms with Crippen LogP contribution < -0.4 is 14.8 Å². The van der Waals surface area contributed by atoms with Crippen LogP contribution in [0.15, 0.2) is 77.7 Å². The number of sulfonamides is 1. The summed E-state index contributed by atoms with van der Waals surface area (Å²) in [4.78, 5) is 11.1. The molecule has 0 spiro atoms. The number of carboxylic acid groups (broad SMARTS) is 1. The average molecular weight is 441 g/mol. The molecule has 0 unspecified atom stereocenters. The van der Waals surface area contributed by atoms with Gasteiger partial charge in [0.2, 0.25) is 0 Å². The number of benzene rings is 3. The molecule has 0 saturated heterocycles. The summed E-state index contributed by atoms with van der Waals surface area (Å²) in [5.41, 5.74) is 1.77. The molecule has 0 bridgehead atoms. The Labute approximate surface area is 181 Å². The van der Waals surface area contributed by atoms with E-state index >= 15 is 0 Å². The molecule has 3 rings (SSSR count). The van der Waals surface area contributed by atoms with Crippen molar-refractivity contribution in [3.63, 3.8) is 0 Å². The number of anilines is 1. The van der Waals surface area contributed by atoms with Crippen molar-refractivity contribution in [2.24, 2.45) is 0 Å². The SMILES string of the molecule is CCNCc1ccc(Oc2cccc(CC(=O)O)c2)c(NS(=O)(=O)c2ccccc2)c1. The lowest BCUT2D eigenvalue weighted by Crippen LogP contribution is -2.15. The van der Waals surface area contributed by atoms with Gasteiger partial charge in [-0.2, -0.15) is 0 Å². The van der Waals surface area contributed by atoms with Crippen molar-refractivity contribution in [1.29, 1.82) is 0 Å². The summed E-state index contributed by atoms with van der Waals surface area (Å²) in [5.74, 6) is -0.216. The fourth-order valence-electron chi connectivity index (χ4n) is 2.95. The van der Waals surface area contributed by atoms with Crippen molar-refractivity contribution >= 4 is 21.7 Å². The van der Waals surface area contributed by atoms with E-state index in [1.165, 1.54) is 12.1 Å². The Kier molecular flexibility index (Phi) is 7.28. The minimum Gasteiger partial charge on any atom is -0.481 e. The Morgan fingerprint density at radius 3 is 2.45 bits per heavy atom. The van der Waals surface area contributed by atoms with E-state index in [-0.39, 0.29) is 11.3 Å². The molecule has 31 heavy (non-hydrogen) atoms. The van der Waals surface area contributed by atoms with Gasteiger partial charge in [-0.3, -0.25) is 9.52 Å². The lowest BCUT2D eigenvalue weighted by Gasteiger charge is -2.16. The largest absolute Gasteiger partial charge is 0.481 e. The van der Waals surface area contributed by atoms with Crippen molar-refractivity contribution in [2.45, 2.75) is 24.8 Å². The van der Waals surface area contributed by atoms with Gasteiger partial charge in [-0.1, -0.05) is 43.3 Å². The van der Waals surface area contributed by atoms with E-state index in [9.17, 15) is 13.2 Å². The second-order valence-corrected chi connectivity index (χ2v) is 8.53. The summed E-state index contributed by atoms with van der Waals surface area (Å²) in [7, 11) is -3.82. The fraction of sp³-hybridized carbons (Fsp3) is 0.174. The number of rotatable bonds is 10. The number of nitrogens with one attached hydrogen (secondary N) is 2. The molecule has 0 amide bonds. The van der Waals surface area contributed by atoms with Gasteiger partial charge in [0, 0.05) is 6.54 Å². The minimum atomic E-state index is -3.82. The van der Waals surface area contributed by atoms with Gasteiger partial charge in [-0.05, 0) is 54.1 Å². The molecule has 0 atom stereocenters. The highest BCUT2D eigenvalue weighted by Crippen LogP contribution is 2.32. The Bertz CT molecular complexity index is 1150. The number of aliphatic carboxylic acids is 1. The highest BCUT2D eigenvalue weighted by Gasteiger charge is 2.17. The molecule has 0 fully saturated rings. The van der Waals surface area contributed by atoms with Crippen molar-refractivity contribution in [2.75, 3.05) is 11.3 Å². The van der Waals surface area contributed by atoms with Gasteiger partial charge in [-0.15, -0.1) is 0 Å². The van der Waals surface area contributed by atoms with E-state index in [0.717, 1.165) is 12.1 Å². The zero-order chi connectivity index (χ0) is 22.3. The van der Waals surface area contributed by atoms with Crippen LogP contribution in [0.4, 0.5) is 5.69 Å². The third kappa shape index (κ3) is 6.31. The van der Waals surface area contributed by atoms with Crippen molar-refractivity contribution in [3.05, 3.63) is 83.9 Å². The van der Waals surface area contributed by atoms with Crippen LogP contribution >= 0.6 is 0 Å². The Hall–Kier alpha value is -3.36. The molecule has 3 aromatic rings. The number of hydrogen-bond donors (Lipinski definition) is 3. The molecule has 0 saturated carbocycles. The summed E-state index contributed by atoms with van der Waals surface area (Å²) in [6.07, 6.45) is -0.133. The monoisotopic (exact) mass is 440 g/mol. The van der Waals surface area contributed by atoms with E-state index in [1.54, 1.807) is 54.6 Å². The fourth-order valence-corrected chi connectivity index (χ4v) is 4.03. The minimum absolute atomic E-state index is 0.133. The topological polar surface area (TPSA) is 105 Å². The van der Waals surface area contributed by atoms with E-state index < -0.39 is 16.0 Å². The molecule has 7 nitrogen and oxygen atoms in total. The second-order valence-electron chi connectivity index (χ2n) is 6.85. The number of hydrogen-bond acceptors (Lipinski definition) is 5. The molecule has 0 heterocycles. The van der Waals surface area contributed by atoms with Crippen molar-refractivity contribution in [1.82, 2.24) is 5.32 Å². The summed E-state index contributed by atoms with van der Waals surface area (Å²) < 4.78 is 34.3. The smallest absolute Gasteiger partial charge is 0.307 e. The third-order valence-corrected chi connectivity index (χ3v) is 5.78. The Morgan fingerprint density at radius 1 is 0.968 bits per heavy atom. The predicted molar refractivity (Wildman–Crippen MR) is 119 cm³/mol. The molecular formula is C23H24N2O5S. The number of carbonyl (C=O) groups is 1. The zero-order valence-electron chi connectivity index (χ0n) is 17.0. The first kappa shape index (κ1) is 22.3. The molecule has 0 aliphatic rings. The van der Waals surface area contributed by atoms with Crippen LogP contribution in [0, 0.1) is 0 Å². The van der Waals surface area contributed by atoms with Crippen molar-refractivity contribution in [3.8, 4) is 11.5 Å². The lowest BCUT2D eigenvalue weighted by molar-refractivity contribution is -0.136. The van der Waals surface area contributed by atoms with Gasteiger partial charge < -0.3 is 15.2 Å². The summed E-state index contributed by atoms with van der Waals surface area (Å²) in [5, 5.41) is 12.2.